The van der Waals surface area contributed by atoms with Gasteiger partial charge in [0, 0.05) is 10.7 Å². The first kappa shape index (κ1) is 13.2. The number of carboxylic acids is 1. The predicted octanol–water partition coefficient (Wildman–Crippen LogP) is 2.79. The molecule has 0 radical (unpaired) electrons. The number of carboxylic acid groups (broad SMARTS) is 1. The number of anilines is 1. The second kappa shape index (κ2) is 5.62. The van der Waals surface area contributed by atoms with Crippen molar-refractivity contribution in [2.24, 2.45) is 0 Å². The average molecular weight is 321 g/mol. The zero-order valence-corrected chi connectivity index (χ0v) is 11.2. The first-order valence-corrected chi connectivity index (χ1v) is 6.13. The summed E-state index contributed by atoms with van der Waals surface area (Å²) in [5, 5.41) is 11.6. The van der Waals surface area contributed by atoms with E-state index in [2.05, 4.69) is 26.2 Å². The maximum atomic E-state index is 12.0. The molecule has 1 amide bonds. The van der Waals surface area contributed by atoms with Gasteiger partial charge in [0.05, 0.1) is 11.3 Å². The normalized spacial score (nSPS) is 9.95. The Morgan fingerprint density at radius 2 is 1.89 bits per heavy atom. The molecular formula is C13H9BrN2O3. The number of aromatic nitrogens is 1. The van der Waals surface area contributed by atoms with Crippen LogP contribution in [-0.2, 0) is 0 Å². The quantitative estimate of drug-likeness (QED) is 0.911. The third-order valence-electron chi connectivity index (χ3n) is 2.38. The maximum Gasteiger partial charge on any atom is 0.337 e. The van der Waals surface area contributed by atoms with Crippen molar-refractivity contribution in [1.82, 2.24) is 4.98 Å². The fourth-order valence-corrected chi connectivity index (χ4v) is 1.95. The summed E-state index contributed by atoms with van der Waals surface area (Å²) in [5.41, 5.74) is 0.461. The highest BCUT2D eigenvalue weighted by Crippen LogP contribution is 2.18. The molecule has 0 atom stereocenters. The Hall–Kier alpha value is -2.21. The van der Waals surface area contributed by atoms with E-state index in [1.165, 1.54) is 18.3 Å². The van der Waals surface area contributed by atoms with E-state index in [-0.39, 0.29) is 16.9 Å². The van der Waals surface area contributed by atoms with Crippen LogP contribution in [0.5, 0.6) is 0 Å². The van der Waals surface area contributed by atoms with Gasteiger partial charge in [0.1, 0.15) is 5.69 Å². The van der Waals surface area contributed by atoms with E-state index in [1.54, 1.807) is 24.3 Å². The zero-order chi connectivity index (χ0) is 13.8. The number of hydrogen-bond acceptors (Lipinski definition) is 3. The Bertz CT molecular complexity index is 643. The van der Waals surface area contributed by atoms with Gasteiger partial charge in [-0.15, -0.1) is 0 Å². The Labute approximate surface area is 117 Å². The zero-order valence-electron chi connectivity index (χ0n) is 9.63. The van der Waals surface area contributed by atoms with Crippen LogP contribution in [0.4, 0.5) is 5.69 Å². The van der Waals surface area contributed by atoms with Gasteiger partial charge in [-0.1, -0.05) is 12.1 Å². The van der Waals surface area contributed by atoms with Crippen LogP contribution in [0.2, 0.25) is 0 Å². The second-order valence-electron chi connectivity index (χ2n) is 3.64. The average Bonchev–Trinajstić information content (AvgIpc) is 2.39. The molecule has 2 rings (SSSR count). The van der Waals surface area contributed by atoms with E-state index in [0.717, 1.165) is 0 Å². The number of rotatable bonds is 3. The van der Waals surface area contributed by atoms with Crippen LogP contribution in [0.15, 0.2) is 47.1 Å². The van der Waals surface area contributed by atoms with Gasteiger partial charge in [0.2, 0.25) is 0 Å². The molecule has 1 aromatic carbocycles. The highest BCUT2D eigenvalue weighted by molar-refractivity contribution is 9.10. The number of amides is 1. The number of carbonyl (C=O) groups excluding carboxylic acids is 1. The molecule has 0 bridgehead atoms. The number of halogens is 1. The lowest BCUT2D eigenvalue weighted by molar-refractivity contribution is 0.0698. The molecule has 0 aliphatic rings. The molecule has 0 aliphatic heterocycles. The van der Waals surface area contributed by atoms with Crippen LogP contribution in [0.3, 0.4) is 0 Å². The highest BCUT2D eigenvalue weighted by atomic mass is 79.9. The van der Waals surface area contributed by atoms with E-state index in [4.69, 9.17) is 5.11 Å². The molecule has 0 fully saturated rings. The van der Waals surface area contributed by atoms with Crippen LogP contribution in [-0.4, -0.2) is 22.0 Å². The Morgan fingerprint density at radius 1 is 1.16 bits per heavy atom. The summed E-state index contributed by atoms with van der Waals surface area (Å²) in [6.07, 6.45) is 1.49. The standard InChI is InChI=1S/C13H9BrN2O3/c14-9-5-3-7-15-11(9)12(17)16-10-6-2-1-4-8(10)13(18)19/h1-7H,(H,16,17)(H,18,19). The van der Waals surface area contributed by atoms with Crippen molar-refractivity contribution in [1.29, 1.82) is 0 Å². The van der Waals surface area contributed by atoms with Crippen LogP contribution >= 0.6 is 15.9 Å². The Kier molecular flexibility index (Phi) is 3.91. The monoisotopic (exact) mass is 320 g/mol. The molecule has 0 unspecified atom stereocenters. The van der Waals surface area contributed by atoms with E-state index in [0.29, 0.717) is 4.47 Å². The summed E-state index contributed by atoms with van der Waals surface area (Å²) < 4.78 is 0.542. The number of pyridine rings is 1. The van der Waals surface area contributed by atoms with Gasteiger partial charge >= 0.3 is 5.97 Å². The number of hydrogen-bond donors (Lipinski definition) is 2. The van der Waals surface area contributed by atoms with Gasteiger partial charge in [-0.25, -0.2) is 9.78 Å². The highest BCUT2D eigenvalue weighted by Gasteiger charge is 2.15. The van der Waals surface area contributed by atoms with Gasteiger partial charge < -0.3 is 10.4 Å². The Morgan fingerprint density at radius 3 is 2.58 bits per heavy atom. The van der Waals surface area contributed by atoms with E-state index >= 15 is 0 Å². The molecule has 0 aliphatic carbocycles. The van der Waals surface area contributed by atoms with Crippen LogP contribution in [0.25, 0.3) is 0 Å². The van der Waals surface area contributed by atoms with Crippen molar-refractivity contribution in [2.75, 3.05) is 5.32 Å². The molecule has 2 aromatic rings. The van der Waals surface area contributed by atoms with Crippen LogP contribution in [0.1, 0.15) is 20.8 Å². The Balaban J connectivity index is 2.30. The van der Waals surface area contributed by atoms with Gasteiger partial charge in [-0.3, -0.25) is 4.79 Å². The number of para-hydroxylation sites is 1. The van der Waals surface area contributed by atoms with Crippen molar-refractivity contribution < 1.29 is 14.7 Å². The third-order valence-corrected chi connectivity index (χ3v) is 3.02. The molecule has 96 valence electrons. The minimum absolute atomic E-state index is 0.0305. The lowest BCUT2D eigenvalue weighted by atomic mass is 10.1. The summed E-state index contributed by atoms with van der Waals surface area (Å²) in [4.78, 5) is 27.0. The van der Waals surface area contributed by atoms with Crippen LogP contribution < -0.4 is 5.32 Å². The number of aromatic carboxylic acids is 1. The van der Waals surface area contributed by atoms with Gasteiger partial charge in [0.15, 0.2) is 0 Å². The molecule has 6 heteroatoms. The number of nitrogens with one attached hydrogen (secondary N) is 1. The molecule has 5 nitrogen and oxygen atoms in total. The summed E-state index contributed by atoms with van der Waals surface area (Å²) >= 11 is 3.22. The molecule has 1 aromatic heterocycles. The van der Waals surface area contributed by atoms with E-state index < -0.39 is 11.9 Å². The van der Waals surface area contributed by atoms with Crippen molar-refractivity contribution in [3.63, 3.8) is 0 Å². The maximum absolute atomic E-state index is 12.0. The second-order valence-corrected chi connectivity index (χ2v) is 4.49. The summed E-state index contributed by atoms with van der Waals surface area (Å²) in [6, 6.07) is 9.56. The van der Waals surface area contributed by atoms with Crippen molar-refractivity contribution in [3.8, 4) is 0 Å². The minimum atomic E-state index is -1.10. The predicted molar refractivity (Wildman–Crippen MR) is 73.3 cm³/mol. The molecule has 0 saturated heterocycles. The van der Waals surface area contributed by atoms with Crippen molar-refractivity contribution in [2.45, 2.75) is 0 Å². The molecule has 1 heterocycles. The molecular weight excluding hydrogens is 312 g/mol. The number of carbonyl (C=O) groups is 2. The third kappa shape index (κ3) is 2.97. The lowest BCUT2D eigenvalue weighted by Gasteiger charge is -2.08. The van der Waals surface area contributed by atoms with E-state index in [9.17, 15) is 9.59 Å². The first-order valence-electron chi connectivity index (χ1n) is 5.34. The smallest absolute Gasteiger partial charge is 0.337 e. The largest absolute Gasteiger partial charge is 0.478 e. The first-order chi connectivity index (χ1) is 9.09. The number of nitrogens with zero attached hydrogens (tertiary/aromatic N) is 1. The van der Waals surface area contributed by atoms with E-state index in [1.807, 2.05) is 0 Å². The fraction of sp³-hybridized carbons (Fsp3) is 0. The van der Waals surface area contributed by atoms with Gasteiger partial charge in [-0.05, 0) is 40.2 Å². The molecule has 0 spiro atoms. The van der Waals surface area contributed by atoms with Gasteiger partial charge in [0.25, 0.3) is 5.91 Å². The van der Waals surface area contributed by atoms with Gasteiger partial charge in [-0.2, -0.15) is 0 Å². The van der Waals surface area contributed by atoms with Crippen LogP contribution in [0, 0.1) is 0 Å². The topological polar surface area (TPSA) is 79.3 Å². The summed E-state index contributed by atoms with van der Waals surface area (Å²) in [5.74, 6) is -1.57. The van der Waals surface area contributed by atoms with Crippen molar-refractivity contribution in [3.05, 3.63) is 58.3 Å². The molecule has 2 N–H and O–H groups in total. The molecule has 19 heavy (non-hydrogen) atoms. The van der Waals surface area contributed by atoms with Crippen molar-refractivity contribution >= 4 is 33.5 Å². The minimum Gasteiger partial charge on any atom is -0.478 e. The SMILES string of the molecule is O=C(O)c1ccccc1NC(=O)c1ncccc1Br. The number of benzene rings is 1. The summed E-state index contributed by atoms with van der Waals surface area (Å²) in [6.45, 7) is 0. The molecule has 0 saturated carbocycles. The fourth-order valence-electron chi connectivity index (χ4n) is 1.51. The summed E-state index contributed by atoms with van der Waals surface area (Å²) in [7, 11) is 0. The lowest BCUT2D eigenvalue weighted by Crippen LogP contribution is -2.16.